The van der Waals surface area contributed by atoms with Crippen LogP contribution in [0, 0.1) is 11.6 Å². The summed E-state index contributed by atoms with van der Waals surface area (Å²) in [5, 5.41) is 3.41. The number of nitrogens with two attached hydrogens (primary N) is 1. The van der Waals surface area contributed by atoms with Gasteiger partial charge in [0.1, 0.15) is 23.0 Å². The summed E-state index contributed by atoms with van der Waals surface area (Å²) in [6, 6.07) is 0.209. The molecule has 8 nitrogen and oxygen atoms in total. The molecule has 0 saturated carbocycles. The second-order valence-corrected chi connectivity index (χ2v) is 11.1. The molecule has 5 atom stereocenters. The first kappa shape index (κ1) is 24.6. The maximum atomic E-state index is 14.3. The largest absolute Gasteiger partial charge is 0.416 e. The first-order valence-corrected chi connectivity index (χ1v) is 12.5. The van der Waals surface area contributed by atoms with Crippen molar-refractivity contribution in [1.29, 1.82) is 0 Å². The van der Waals surface area contributed by atoms with E-state index >= 15 is 0 Å². The fourth-order valence-electron chi connectivity index (χ4n) is 4.97. The summed E-state index contributed by atoms with van der Waals surface area (Å²) in [7, 11) is -3.78. The van der Waals surface area contributed by atoms with E-state index in [0.717, 1.165) is 22.3 Å². The Kier molecular flexibility index (Phi) is 6.15. The Bertz CT molecular complexity index is 1190. The summed E-state index contributed by atoms with van der Waals surface area (Å²) in [4.78, 5) is 1.48. The van der Waals surface area contributed by atoms with Crippen LogP contribution in [0.5, 0.6) is 0 Å². The molecule has 0 radical (unpaired) electrons. The highest BCUT2D eigenvalue weighted by Gasteiger charge is 2.54. The first-order chi connectivity index (χ1) is 16.4. The van der Waals surface area contributed by atoms with Crippen LogP contribution in [0.2, 0.25) is 0 Å². The lowest BCUT2D eigenvalue weighted by Gasteiger charge is -2.44. The summed E-state index contributed by atoms with van der Waals surface area (Å²) in [5.41, 5.74) is 6.57. The van der Waals surface area contributed by atoms with E-state index in [1.807, 2.05) is 0 Å². The summed E-state index contributed by atoms with van der Waals surface area (Å²) < 4.78 is 107. The number of benzene rings is 1. The summed E-state index contributed by atoms with van der Waals surface area (Å²) in [6.07, 6.45) is -7.14. The molecule has 3 aliphatic rings. The lowest BCUT2D eigenvalue weighted by Crippen LogP contribution is -2.58. The Morgan fingerprint density at radius 1 is 1.17 bits per heavy atom. The van der Waals surface area contributed by atoms with Crippen LogP contribution >= 0.6 is 0 Å². The van der Waals surface area contributed by atoms with Gasteiger partial charge in [-0.2, -0.15) is 22.4 Å². The van der Waals surface area contributed by atoms with Gasteiger partial charge in [0.05, 0.1) is 12.3 Å². The van der Waals surface area contributed by atoms with Crippen LogP contribution in [0.25, 0.3) is 0 Å². The highest BCUT2D eigenvalue weighted by Crippen LogP contribution is 2.42. The molecular formula is C21H23F5N4O4S. The second-order valence-electron chi connectivity index (χ2n) is 9.06. The zero-order chi connectivity index (χ0) is 25.1. The van der Waals surface area contributed by atoms with E-state index < -0.39 is 57.4 Å². The predicted molar refractivity (Wildman–Crippen MR) is 111 cm³/mol. The van der Waals surface area contributed by atoms with Gasteiger partial charge in [-0.25, -0.2) is 17.2 Å². The van der Waals surface area contributed by atoms with Gasteiger partial charge in [0.2, 0.25) is 0 Å². The number of halogens is 5. The van der Waals surface area contributed by atoms with Crippen LogP contribution in [0.4, 0.5) is 22.0 Å². The molecule has 2 fully saturated rings. The molecule has 0 spiro atoms. The zero-order valence-corrected chi connectivity index (χ0v) is 19.1. The van der Waals surface area contributed by atoms with Crippen molar-refractivity contribution in [2.45, 2.75) is 61.6 Å². The Hall–Kier alpha value is -2.13. The van der Waals surface area contributed by atoms with Gasteiger partial charge in [0, 0.05) is 49.1 Å². The maximum absolute atomic E-state index is 14.3. The number of hydrogen-bond donors (Lipinski definition) is 1. The van der Waals surface area contributed by atoms with Crippen LogP contribution in [0.15, 0.2) is 24.4 Å². The number of hydrogen-bond acceptors (Lipinski definition) is 7. The van der Waals surface area contributed by atoms with Crippen LogP contribution < -0.4 is 5.73 Å². The van der Waals surface area contributed by atoms with E-state index in [1.165, 1.54) is 11.1 Å². The molecule has 2 N–H and O–H groups in total. The van der Waals surface area contributed by atoms with Gasteiger partial charge in [-0.15, -0.1) is 0 Å². The van der Waals surface area contributed by atoms with Crippen molar-refractivity contribution in [2.24, 2.45) is 5.73 Å². The lowest BCUT2D eigenvalue weighted by atomic mass is 9.89. The molecule has 0 unspecified atom stereocenters. The van der Waals surface area contributed by atoms with Crippen molar-refractivity contribution in [2.75, 3.05) is 13.2 Å². The van der Waals surface area contributed by atoms with Gasteiger partial charge in [0.15, 0.2) is 6.10 Å². The topological polar surface area (TPSA) is 99.7 Å². The molecule has 0 amide bonds. The van der Waals surface area contributed by atoms with Gasteiger partial charge in [-0.3, -0.25) is 4.90 Å². The van der Waals surface area contributed by atoms with Gasteiger partial charge < -0.3 is 15.2 Å². The van der Waals surface area contributed by atoms with Gasteiger partial charge >= 0.3 is 6.18 Å². The molecule has 192 valence electrons. The molecule has 2 aromatic rings. The summed E-state index contributed by atoms with van der Waals surface area (Å²) in [5.74, 6) is -1.72. The number of alkyl halides is 3. The molecule has 0 bridgehead atoms. The Labute approximate surface area is 197 Å². The molecule has 2 saturated heterocycles. The summed E-state index contributed by atoms with van der Waals surface area (Å²) >= 11 is 0. The normalized spacial score (nSPS) is 30.1. The van der Waals surface area contributed by atoms with E-state index in [4.69, 9.17) is 15.2 Å². The SMILES string of the molecule is N[C@H]1C[C@@H](N2Cc3cn(S(=O)(=O)[C@@H]4CCOC4)nc3C2)[C@@H](C(F)(F)F)O[C@@H]1c1cc(F)ccc1F. The molecular weight excluding hydrogens is 499 g/mol. The number of aromatic nitrogens is 2. The smallest absolute Gasteiger partial charge is 0.380 e. The van der Waals surface area contributed by atoms with Gasteiger partial charge in [-0.1, -0.05) is 0 Å². The van der Waals surface area contributed by atoms with Crippen LogP contribution in [0.3, 0.4) is 0 Å². The third-order valence-electron chi connectivity index (χ3n) is 6.75. The monoisotopic (exact) mass is 522 g/mol. The Balaban J connectivity index is 1.37. The maximum Gasteiger partial charge on any atom is 0.416 e. The van der Waals surface area contributed by atoms with Crippen molar-refractivity contribution in [1.82, 2.24) is 14.1 Å². The van der Waals surface area contributed by atoms with E-state index in [1.54, 1.807) is 0 Å². The van der Waals surface area contributed by atoms with Crippen LogP contribution in [-0.2, 0) is 32.6 Å². The summed E-state index contributed by atoms with van der Waals surface area (Å²) in [6.45, 7) is 0.375. The van der Waals surface area contributed by atoms with E-state index in [9.17, 15) is 30.4 Å². The van der Waals surface area contributed by atoms with Crippen molar-refractivity contribution in [3.63, 3.8) is 0 Å². The highest BCUT2D eigenvalue weighted by atomic mass is 32.2. The molecule has 14 heteroatoms. The minimum absolute atomic E-state index is 0.0122. The Morgan fingerprint density at radius 3 is 2.60 bits per heavy atom. The molecule has 1 aromatic carbocycles. The quantitative estimate of drug-likeness (QED) is 0.615. The van der Waals surface area contributed by atoms with E-state index in [-0.39, 0.29) is 31.7 Å². The number of fused-ring (bicyclic) bond motifs is 1. The van der Waals surface area contributed by atoms with Gasteiger partial charge in [0.25, 0.3) is 10.0 Å². The molecule has 35 heavy (non-hydrogen) atoms. The minimum atomic E-state index is -4.81. The van der Waals surface area contributed by atoms with Gasteiger partial charge in [-0.05, 0) is 31.0 Å². The molecule has 1 aromatic heterocycles. The van der Waals surface area contributed by atoms with Crippen molar-refractivity contribution in [3.05, 3.63) is 52.9 Å². The van der Waals surface area contributed by atoms with Crippen LogP contribution in [-0.4, -0.2) is 65.3 Å². The minimum Gasteiger partial charge on any atom is -0.380 e. The third-order valence-corrected chi connectivity index (χ3v) is 8.68. The average molecular weight is 522 g/mol. The molecule has 3 aliphatic heterocycles. The average Bonchev–Trinajstić information content (AvgIpc) is 3.51. The van der Waals surface area contributed by atoms with Crippen molar-refractivity contribution < 1.29 is 39.8 Å². The van der Waals surface area contributed by atoms with Crippen molar-refractivity contribution >= 4 is 10.0 Å². The van der Waals surface area contributed by atoms with Crippen LogP contribution in [0.1, 0.15) is 35.8 Å². The number of ether oxygens (including phenoxy) is 2. The molecule has 0 aliphatic carbocycles. The second kappa shape index (κ2) is 8.76. The number of rotatable bonds is 4. The van der Waals surface area contributed by atoms with E-state index in [0.29, 0.717) is 24.3 Å². The lowest BCUT2D eigenvalue weighted by molar-refractivity contribution is -0.269. The zero-order valence-electron chi connectivity index (χ0n) is 18.3. The van der Waals surface area contributed by atoms with Crippen molar-refractivity contribution in [3.8, 4) is 0 Å². The standard InChI is InChI=1S/C21H23F5N4O4S/c22-12-1-2-15(23)14(5-12)19-16(27)6-18(20(34-19)21(24,25)26)29-7-11-8-30(28-17(11)9-29)35(31,32)13-3-4-33-10-13/h1-2,5,8,13,16,18-20H,3-4,6-7,9-10,27H2/t13-,16+,18-,19-,20+/m1/s1. The third kappa shape index (κ3) is 4.46. The first-order valence-electron chi connectivity index (χ1n) is 11.0. The molecule has 4 heterocycles. The molecule has 5 rings (SSSR count). The fraction of sp³-hybridized carbons (Fsp3) is 0.571. The van der Waals surface area contributed by atoms with E-state index in [2.05, 4.69) is 5.10 Å². The fourth-order valence-corrected chi connectivity index (χ4v) is 6.42. The number of nitrogens with zero attached hydrogens (tertiary/aromatic N) is 3. The highest BCUT2D eigenvalue weighted by molar-refractivity contribution is 7.90. The Morgan fingerprint density at radius 2 is 1.94 bits per heavy atom. The predicted octanol–water partition coefficient (Wildman–Crippen LogP) is 2.23.